The Labute approximate surface area is 168 Å². The number of carbonyl (C=O) groups excluding carboxylic acids is 2. The number of rotatable bonds is 6. The van der Waals surface area contributed by atoms with Gasteiger partial charge in [-0.2, -0.15) is 0 Å². The van der Waals surface area contributed by atoms with E-state index in [0.717, 1.165) is 11.3 Å². The van der Waals surface area contributed by atoms with Crippen LogP contribution in [0, 0.1) is 0 Å². The van der Waals surface area contributed by atoms with Crippen molar-refractivity contribution < 1.29 is 27.5 Å². The first-order valence-corrected chi connectivity index (χ1v) is 10.8. The van der Waals surface area contributed by atoms with Crippen molar-refractivity contribution in [2.24, 2.45) is 0 Å². The van der Waals surface area contributed by atoms with Gasteiger partial charge in [-0.3, -0.25) is 4.79 Å². The average Bonchev–Trinajstić information content (AvgIpc) is 3.08. The Morgan fingerprint density at radius 1 is 1.14 bits per heavy atom. The highest BCUT2D eigenvalue weighted by atomic mass is 32.2. The summed E-state index contributed by atoms with van der Waals surface area (Å²) in [7, 11) is -2.45. The normalized spacial score (nSPS) is 11.7. The molecule has 1 heterocycles. The van der Waals surface area contributed by atoms with Gasteiger partial charge in [0.1, 0.15) is 9.81 Å². The third kappa shape index (κ3) is 6.07. The van der Waals surface area contributed by atoms with Gasteiger partial charge in [0, 0.05) is 4.88 Å². The van der Waals surface area contributed by atoms with Crippen LogP contribution >= 0.6 is 11.3 Å². The molecule has 9 heteroatoms. The summed E-state index contributed by atoms with van der Waals surface area (Å²) >= 11 is 1.07. The van der Waals surface area contributed by atoms with E-state index in [1.165, 1.54) is 25.3 Å². The molecule has 2 aromatic rings. The second-order valence-corrected chi connectivity index (χ2v) is 10.3. The topological polar surface area (TPSA) is 98.8 Å². The van der Waals surface area contributed by atoms with Gasteiger partial charge >= 0.3 is 12.1 Å². The number of nitrogens with one attached hydrogen (secondary N) is 1. The quantitative estimate of drug-likeness (QED) is 0.713. The lowest BCUT2D eigenvalue weighted by Gasteiger charge is -2.19. The van der Waals surface area contributed by atoms with Gasteiger partial charge in [0.05, 0.1) is 25.0 Å². The zero-order valence-corrected chi connectivity index (χ0v) is 17.8. The van der Waals surface area contributed by atoms with Gasteiger partial charge in [-0.25, -0.2) is 13.2 Å². The van der Waals surface area contributed by atoms with Gasteiger partial charge in [-0.15, -0.1) is 11.3 Å². The number of hydrogen-bond donors (Lipinski definition) is 1. The SMILES string of the molecule is COC(=O)Cc1cccc(S(=O)(=O)c2ccc(CNC(=O)OC(C)(C)C)s2)c1. The van der Waals surface area contributed by atoms with Crippen molar-refractivity contribution >= 4 is 33.2 Å². The molecule has 152 valence electrons. The molecule has 2 rings (SSSR count). The molecule has 0 aliphatic heterocycles. The van der Waals surface area contributed by atoms with Gasteiger partial charge in [0.15, 0.2) is 0 Å². The maximum atomic E-state index is 12.9. The molecule has 0 saturated heterocycles. The smallest absolute Gasteiger partial charge is 0.407 e. The molecule has 0 saturated carbocycles. The summed E-state index contributed by atoms with van der Waals surface area (Å²) in [5.74, 6) is -0.443. The van der Waals surface area contributed by atoms with Crippen LogP contribution in [0.1, 0.15) is 31.2 Å². The Bertz CT molecular complexity index is 957. The van der Waals surface area contributed by atoms with E-state index >= 15 is 0 Å². The molecule has 0 aliphatic rings. The number of sulfone groups is 1. The van der Waals surface area contributed by atoms with E-state index in [1.807, 2.05) is 0 Å². The molecule has 7 nitrogen and oxygen atoms in total. The first-order valence-electron chi connectivity index (χ1n) is 8.47. The first-order chi connectivity index (χ1) is 13.0. The van der Waals surface area contributed by atoms with Crippen LogP contribution in [0.2, 0.25) is 0 Å². The molecule has 0 atom stereocenters. The number of ether oxygens (including phenoxy) is 2. The zero-order chi connectivity index (χ0) is 20.9. The van der Waals surface area contributed by atoms with Gasteiger partial charge in [-0.1, -0.05) is 12.1 Å². The average molecular weight is 426 g/mol. The number of thiophene rings is 1. The Kier molecular flexibility index (Phi) is 6.84. The summed E-state index contributed by atoms with van der Waals surface area (Å²) in [6, 6.07) is 9.34. The van der Waals surface area contributed by atoms with Crippen LogP contribution in [-0.4, -0.2) is 33.2 Å². The van der Waals surface area contributed by atoms with E-state index in [0.29, 0.717) is 10.4 Å². The lowest BCUT2D eigenvalue weighted by molar-refractivity contribution is -0.139. The van der Waals surface area contributed by atoms with Crippen molar-refractivity contribution in [3.63, 3.8) is 0 Å². The van der Waals surface area contributed by atoms with Gasteiger partial charge < -0.3 is 14.8 Å². The minimum Gasteiger partial charge on any atom is -0.469 e. The number of amides is 1. The van der Waals surface area contributed by atoms with Gasteiger partial charge in [0.25, 0.3) is 0 Å². The fourth-order valence-electron chi connectivity index (χ4n) is 2.25. The second-order valence-electron chi connectivity index (χ2n) is 6.98. The summed E-state index contributed by atoms with van der Waals surface area (Å²) in [4.78, 5) is 23.9. The molecular weight excluding hydrogens is 402 g/mol. The summed E-state index contributed by atoms with van der Waals surface area (Å²) in [5.41, 5.74) is -0.0558. The van der Waals surface area contributed by atoms with E-state index in [1.54, 1.807) is 39.0 Å². The summed E-state index contributed by atoms with van der Waals surface area (Å²) < 4.78 is 35.6. The second kappa shape index (κ2) is 8.74. The van der Waals surface area contributed by atoms with Crippen LogP contribution in [0.5, 0.6) is 0 Å². The van der Waals surface area contributed by atoms with Crippen LogP contribution in [0.3, 0.4) is 0 Å². The predicted molar refractivity (Wildman–Crippen MR) is 105 cm³/mol. The van der Waals surface area contributed by atoms with Crippen molar-refractivity contribution in [2.45, 2.75) is 48.4 Å². The van der Waals surface area contributed by atoms with Crippen molar-refractivity contribution in [1.82, 2.24) is 5.32 Å². The third-order valence-electron chi connectivity index (χ3n) is 3.49. The number of carbonyl (C=O) groups is 2. The molecule has 0 spiro atoms. The Morgan fingerprint density at radius 2 is 1.86 bits per heavy atom. The van der Waals surface area contributed by atoms with Crippen molar-refractivity contribution in [3.8, 4) is 0 Å². The lowest BCUT2D eigenvalue weighted by Crippen LogP contribution is -2.31. The third-order valence-corrected chi connectivity index (χ3v) is 6.82. The molecule has 28 heavy (non-hydrogen) atoms. The molecular formula is C19H23NO6S2. The number of hydrogen-bond acceptors (Lipinski definition) is 7. The molecule has 1 aromatic carbocycles. The minimum absolute atomic E-state index is 0.00460. The van der Waals surface area contributed by atoms with Crippen molar-refractivity contribution in [3.05, 3.63) is 46.8 Å². The van der Waals surface area contributed by atoms with Crippen LogP contribution in [0.15, 0.2) is 45.5 Å². The van der Waals surface area contributed by atoms with Crippen LogP contribution in [0.25, 0.3) is 0 Å². The molecule has 1 amide bonds. The maximum Gasteiger partial charge on any atom is 0.407 e. The number of methoxy groups -OCH3 is 1. The Hall–Kier alpha value is -2.39. The van der Waals surface area contributed by atoms with Gasteiger partial charge in [0.2, 0.25) is 9.84 Å². The standard InChI is InChI=1S/C19H23NO6S2/c1-19(2,3)26-18(22)20-12-14-8-9-17(27-14)28(23,24)15-7-5-6-13(10-15)11-16(21)25-4/h5-10H,11-12H2,1-4H3,(H,20,22). The number of benzene rings is 1. The molecule has 0 unspecified atom stereocenters. The fourth-order valence-corrected chi connectivity index (χ4v) is 5.02. The van der Waals surface area contributed by atoms with Crippen molar-refractivity contribution in [1.29, 1.82) is 0 Å². The lowest BCUT2D eigenvalue weighted by atomic mass is 10.1. The van der Waals surface area contributed by atoms with E-state index in [4.69, 9.17) is 4.74 Å². The minimum atomic E-state index is -3.73. The molecule has 0 radical (unpaired) electrons. The molecule has 0 fully saturated rings. The van der Waals surface area contributed by atoms with E-state index < -0.39 is 27.5 Å². The predicted octanol–water partition coefficient (Wildman–Crippen LogP) is 3.32. The molecule has 1 aromatic heterocycles. The molecule has 0 bridgehead atoms. The summed E-state index contributed by atoms with van der Waals surface area (Å²) in [6.45, 7) is 5.45. The first kappa shape index (κ1) is 21.9. The highest BCUT2D eigenvalue weighted by molar-refractivity contribution is 7.93. The largest absolute Gasteiger partial charge is 0.469 e. The van der Waals surface area contributed by atoms with E-state index in [2.05, 4.69) is 10.1 Å². The van der Waals surface area contributed by atoms with Crippen molar-refractivity contribution in [2.75, 3.05) is 7.11 Å². The zero-order valence-electron chi connectivity index (χ0n) is 16.1. The van der Waals surface area contributed by atoms with E-state index in [9.17, 15) is 18.0 Å². The maximum absolute atomic E-state index is 12.9. The molecule has 1 N–H and O–H groups in total. The van der Waals surface area contributed by atoms with Crippen LogP contribution < -0.4 is 5.32 Å². The van der Waals surface area contributed by atoms with E-state index in [-0.39, 0.29) is 22.1 Å². The Balaban J connectivity index is 2.12. The highest BCUT2D eigenvalue weighted by Gasteiger charge is 2.21. The van der Waals surface area contributed by atoms with Crippen LogP contribution in [0.4, 0.5) is 4.79 Å². The highest BCUT2D eigenvalue weighted by Crippen LogP contribution is 2.28. The monoisotopic (exact) mass is 425 g/mol. The van der Waals surface area contributed by atoms with Gasteiger partial charge in [-0.05, 0) is 50.6 Å². The molecule has 0 aliphatic carbocycles. The summed E-state index contributed by atoms with van der Waals surface area (Å²) in [6.07, 6.45) is -0.573. The number of esters is 1. The fraction of sp³-hybridized carbons (Fsp3) is 0.368. The number of alkyl carbamates (subject to hydrolysis) is 1. The summed E-state index contributed by atoms with van der Waals surface area (Å²) in [5, 5.41) is 2.60. The van der Waals surface area contributed by atoms with Crippen LogP contribution in [-0.2, 0) is 37.1 Å². The Morgan fingerprint density at radius 3 is 2.50 bits per heavy atom.